The van der Waals surface area contributed by atoms with Gasteiger partial charge in [-0.25, -0.2) is 0 Å². The van der Waals surface area contributed by atoms with E-state index in [0.29, 0.717) is 11.5 Å². The highest BCUT2D eigenvalue weighted by Gasteiger charge is 2.26. The minimum atomic E-state index is -0.948. The molecular formula is C17H21NO5. The van der Waals surface area contributed by atoms with Gasteiger partial charge in [-0.15, -0.1) is 0 Å². The normalized spacial score (nSPS) is 18.4. The quantitative estimate of drug-likeness (QED) is 0.871. The number of amides is 1. The predicted molar refractivity (Wildman–Crippen MR) is 82.3 cm³/mol. The largest absolute Gasteiger partial charge is 0.481 e. The number of aliphatic carboxylic acids is 1. The summed E-state index contributed by atoms with van der Waals surface area (Å²) in [5.41, 5.74) is 0.723. The van der Waals surface area contributed by atoms with E-state index in [2.05, 4.69) is 5.32 Å². The molecule has 6 heteroatoms. The van der Waals surface area contributed by atoms with Gasteiger partial charge in [-0.2, -0.15) is 0 Å². The molecule has 0 aromatic heterocycles. The molecule has 2 aliphatic rings. The molecule has 3 rings (SSSR count). The molecule has 124 valence electrons. The Hall–Kier alpha value is -2.24. The summed E-state index contributed by atoms with van der Waals surface area (Å²) in [4.78, 5) is 23.6. The van der Waals surface area contributed by atoms with Gasteiger partial charge in [0.15, 0.2) is 11.5 Å². The van der Waals surface area contributed by atoms with Crippen molar-refractivity contribution in [1.29, 1.82) is 0 Å². The van der Waals surface area contributed by atoms with Gasteiger partial charge in [0.05, 0.1) is 12.5 Å². The molecule has 2 N–H and O–H groups in total. The highest BCUT2D eigenvalue weighted by Crippen LogP contribution is 2.35. The molecule has 0 bridgehead atoms. The lowest BCUT2D eigenvalue weighted by Crippen LogP contribution is -2.35. The van der Waals surface area contributed by atoms with Crippen LogP contribution in [0.4, 0.5) is 0 Å². The fourth-order valence-electron chi connectivity index (χ4n) is 3.21. The molecule has 1 amide bonds. The molecule has 1 aliphatic carbocycles. The van der Waals surface area contributed by atoms with Crippen molar-refractivity contribution in [2.45, 2.75) is 44.6 Å². The molecule has 1 aliphatic heterocycles. The number of carbonyl (C=O) groups is 2. The van der Waals surface area contributed by atoms with E-state index < -0.39 is 12.0 Å². The molecule has 0 spiro atoms. The van der Waals surface area contributed by atoms with Crippen molar-refractivity contribution in [3.8, 4) is 11.5 Å². The van der Waals surface area contributed by atoms with Crippen LogP contribution >= 0.6 is 0 Å². The minimum Gasteiger partial charge on any atom is -0.481 e. The number of carboxylic acids is 1. The number of carbonyl (C=O) groups excluding carboxylic acids is 1. The third-order valence-corrected chi connectivity index (χ3v) is 4.47. The number of benzene rings is 1. The second kappa shape index (κ2) is 6.89. The number of carboxylic acid groups (broad SMARTS) is 1. The summed E-state index contributed by atoms with van der Waals surface area (Å²) in [5, 5.41) is 12.1. The van der Waals surface area contributed by atoms with Crippen LogP contribution in [-0.4, -0.2) is 23.8 Å². The van der Waals surface area contributed by atoms with Crippen LogP contribution in [0, 0.1) is 5.92 Å². The van der Waals surface area contributed by atoms with E-state index in [-0.39, 0.29) is 25.0 Å². The SMILES string of the molecule is O=C(O)C[C@@H](NC(=O)C1CCCCC1)c1ccc2c(c1)OCO2. The molecule has 1 atom stereocenters. The summed E-state index contributed by atoms with van der Waals surface area (Å²) in [5.74, 6) is 0.227. The summed E-state index contributed by atoms with van der Waals surface area (Å²) in [7, 11) is 0. The molecule has 1 aromatic rings. The van der Waals surface area contributed by atoms with Gasteiger partial charge in [0, 0.05) is 5.92 Å². The number of hydrogen-bond donors (Lipinski definition) is 2. The molecule has 1 fully saturated rings. The van der Waals surface area contributed by atoms with Crippen LogP contribution in [0.1, 0.15) is 50.1 Å². The lowest BCUT2D eigenvalue weighted by Gasteiger charge is -2.24. The van der Waals surface area contributed by atoms with Crippen molar-refractivity contribution in [2.24, 2.45) is 5.92 Å². The first-order chi connectivity index (χ1) is 11.1. The maximum atomic E-state index is 12.4. The van der Waals surface area contributed by atoms with Gasteiger partial charge in [-0.1, -0.05) is 25.3 Å². The van der Waals surface area contributed by atoms with Crippen molar-refractivity contribution < 1.29 is 24.2 Å². The highest BCUT2D eigenvalue weighted by molar-refractivity contribution is 5.80. The van der Waals surface area contributed by atoms with E-state index in [1.807, 2.05) is 0 Å². The van der Waals surface area contributed by atoms with Gasteiger partial charge in [0.2, 0.25) is 12.7 Å². The van der Waals surface area contributed by atoms with Crippen LogP contribution < -0.4 is 14.8 Å². The summed E-state index contributed by atoms with van der Waals surface area (Å²) in [6, 6.07) is 4.72. The molecule has 1 aromatic carbocycles. The third-order valence-electron chi connectivity index (χ3n) is 4.47. The molecule has 0 radical (unpaired) electrons. The molecule has 0 saturated heterocycles. The maximum absolute atomic E-state index is 12.4. The van der Waals surface area contributed by atoms with Crippen LogP contribution in [0.5, 0.6) is 11.5 Å². The second-order valence-electron chi connectivity index (χ2n) is 6.11. The van der Waals surface area contributed by atoms with E-state index in [0.717, 1.165) is 31.2 Å². The van der Waals surface area contributed by atoms with Crippen LogP contribution in [0.3, 0.4) is 0 Å². The Kier molecular flexibility index (Phi) is 4.69. The highest BCUT2D eigenvalue weighted by atomic mass is 16.7. The summed E-state index contributed by atoms with van der Waals surface area (Å²) < 4.78 is 10.6. The first-order valence-electron chi connectivity index (χ1n) is 8.05. The van der Waals surface area contributed by atoms with Gasteiger partial charge < -0.3 is 19.9 Å². The second-order valence-corrected chi connectivity index (χ2v) is 6.11. The summed E-state index contributed by atoms with van der Waals surface area (Å²) in [6.45, 7) is 0.164. The zero-order chi connectivity index (χ0) is 16.2. The topological polar surface area (TPSA) is 84.9 Å². The van der Waals surface area contributed by atoms with E-state index >= 15 is 0 Å². The number of ether oxygens (including phenoxy) is 2. The standard InChI is InChI=1S/C17H21NO5/c19-16(20)9-13(18-17(21)11-4-2-1-3-5-11)12-6-7-14-15(8-12)23-10-22-14/h6-8,11,13H,1-5,9-10H2,(H,18,21)(H,19,20)/t13-/m1/s1. The van der Waals surface area contributed by atoms with Crippen LogP contribution in [0.25, 0.3) is 0 Å². The Bertz CT molecular complexity index is 595. The van der Waals surface area contributed by atoms with Crippen LogP contribution in [-0.2, 0) is 9.59 Å². The molecule has 6 nitrogen and oxygen atoms in total. The molecular weight excluding hydrogens is 298 g/mol. The third kappa shape index (κ3) is 3.75. The number of nitrogens with one attached hydrogen (secondary N) is 1. The number of fused-ring (bicyclic) bond motifs is 1. The van der Waals surface area contributed by atoms with Crippen LogP contribution in [0.2, 0.25) is 0 Å². The predicted octanol–water partition coefficient (Wildman–Crippen LogP) is 2.63. The lowest BCUT2D eigenvalue weighted by atomic mass is 9.88. The summed E-state index contributed by atoms with van der Waals surface area (Å²) in [6.07, 6.45) is 4.90. The molecule has 0 unspecified atom stereocenters. The molecule has 23 heavy (non-hydrogen) atoms. The van der Waals surface area contributed by atoms with Gasteiger partial charge in [-0.3, -0.25) is 9.59 Å². The Labute approximate surface area is 134 Å². The minimum absolute atomic E-state index is 0.00550. The molecule has 1 heterocycles. The first kappa shape index (κ1) is 15.6. The van der Waals surface area contributed by atoms with Gasteiger partial charge in [-0.05, 0) is 30.5 Å². The zero-order valence-electron chi connectivity index (χ0n) is 12.9. The fourth-order valence-corrected chi connectivity index (χ4v) is 3.21. The van der Waals surface area contributed by atoms with E-state index in [1.54, 1.807) is 18.2 Å². The average molecular weight is 319 g/mol. The Morgan fingerprint density at radius 2 is 1.91 bits per heavy atom. The monoisotopic (exact) mass is 319 g/mol. The maximum Gasteiger partial charge on any atom is 0.305 e. The Morgan fingerprint density at radius 1 is 1.17 bits per heavy atom. The summed E-state index contributed by atoms with van der Waals surface area (Å²) >= 11 is 0. The number of hydrogen-bond acceptors (Lipinski definition) is 4. The first-order valence-corrected chi connectivity index (χ1v) is 8.05. The smallest absolute Gasteiger partial charge is 0.305 e. The average Bonchev–Trinajstić information content (AvgIpc) is 3.02. The van der Waals surface area contributed by atoms with Crippen molar-refractivity contribution >= 4 is 11.9 Å². The number of rotatable bonds is 5. The van der Waals surface area contributed by atoms with E-state index in [9.17, 15) is 9.59 Å². The van der Waals surface area contributed by atoms with Crippen molar-refractivity contribution in [2.75, 3.05) is 6.79 Å². The van der Waals surface area contributed by atoms with Crippen molar-refractivity contribution in [1.82, 2.24) is 5.32 Å². The zero-order valence-corrected chi connectivity index (χ0v) is 12.9. The Balaban J connectivity index is 1.74. The lowest BCUT2D eigenvalue weighted by molar-refractivity contribution is -0.138. The van der Waals surface area contributed by atoms with Crippen molar-refractivity contribution in [3.05, 3.63) is 23.8 Å². The van der Waals surface area contributed by atoms with E-state index in [1.165, 1.54) is 6.42 Å². The van der Waals surface area contributed by atoms with Gasteiger partial charge in [0.1, 0.15) is 0 Å². The molecule has 1 saturated carbocycles. The van der Waals surface area contributed by atoms with Gasteiger partial charge in [0.25, 0.3) is 0 Å². The Morgan fingerprint density at radius 3 is 2.65 bits per heavy atom. The fraction of sp³-hybridized carbons (Fsp3) is 0.529. The van der Waals surface area contributed by atoms with Crippen molar-refractivity contribution in [3.63, 3.8) is 0 Å². The van der Waals surface area contributed by atoms with Gasteiger partial charge >= 0.3 is 5.97 Å². The van der Waals surface area contributed by atoms with E-state index in [4.69, 9.17) is 14.6 Å². The van der Waals surface area contributed by atoms with Crippen LogP contribution in [0.15, 0.2) is 18.2 Å².